The highest BCUT2D eigenvalue weighted by atomic mass is 16.5. The number of carboxylic acids is 1. The molecule has 0 aromatic rings. The second kappa shape index (κ2) is 3.87. The van der Waals surface area contributed by atoms with Gasteiger partial charge >= 0.3 is 5.97 Å². The molecule has 1 saturated heterocycles. The average molecular weight is 202 g/mol. The molecule has 0 aliphatic carbocycles. The van der Waals surface area contributed by atoms with E-state index in [-0.39, 0.29) is 13.0 Å². The molecule has 1 unspecified atom stereocenters. The fraction of sp³-hybridized carbons (Fsp3) is 0.900. The van der Waals surface area contributed by atoms with E-state index >= 15 is 0 Å². The van der Waals surface area contributed by atoms with Crippen molar-refractivity contribution in [1.82, 2.24) is 0 Å². The van der Waals surface area contributed by atoms with Gasteiger partial charge in [0.05, 0.1) is 17.6 Å². The van der Waals surface area contributed by atoms with E-state index in [1.54, 1.807) is 13.8 Å². The quantitative estimate of drug-likeness (QED) is 0.717. The van der Waals surface area contributed by atoms with E-state index in [0.717, 1.165) is 6.42 Å². The lowest BCUT2D eigenvalue weighted by atomic mass is 9.74. The number of aliphatic carboxylic acids is 1. The number of carbonyl (C=O) groups is 1. The summed E-state index contributed by atoms with van der Waals surface area (Å²) >= 11 is 0. The number of ether oxygens (including phenoxy) is 1. The molecule has 1 atom stereocenters. The van der Waals surface area contributed by atoms with Crippen LogP contribution in [0.3, 0.4) is 0 Å². The van der Waals surface area contributed by atoms with Crippen molar-refractivity contribution >= 4 is 5.97 Å². The molecule has 2 N–H and O–H groups in total. The molecule has 1 heterocycles. The maximum absolute atomic E-state index is 11.2. The van der Waals surface area contributed by atoms with Gasteiger partial charge in [-0.25, -0.2) is 0 Å². The maximum atomic E-state index is 11.2. The van der Waals surface area contributed by atoms with Crippen molar-refractivity contribution in [2.45, 2.75) is 38.7 Å². The largest absolute Gasteiger partial charge is 0.481 e. The molecule has 0 aromatic carbocycles. The van der Waals surface area contributed by atoms with Gasteiger partial charge in [0.15, 0.2) is 0 Å². The Kier molecular flexibility index (Phi) is 3.17. The SMILES string of the molecule is CC(C)(O)CC1(C(=O)O)CCCOC1. The van der Waals surface area contributed by atoms with E-state index in [9.17, 15) is 9.90 Å². The van der Waals surface area contributed by atoms with Crippen LogP contribution < -0.4 is 0 Å². The molecule has 4 heteroatoms. The van der Waals surface area contributed by atoms with Gasteiger partial charge in [0.2, 0.25) is 0 Å². The molecule has 14 heavy (non-hydrogen) atoms. The summed E-state index contributed by atoms with van der Waals surface area (Å²) in [4.78, 5) is 11.2. The standard InChI is InChI=1S/C10H18O4/c1-9(2,13)6-10(8(11)12)4-3-5-14-7-10/h13H,3-7H2,1-2H3,(H,11,12). The van der Waals surface area contributed by atoms with Crippen LogP contribution in [0, 0.1) is 5.41 Å². The Bertz CT molecular complexity index is 211. The summed E-state index contributed by atoms with van der Waals surface area (Å²) in [5.41, 5.74) is -1.85. The zero-order chi connectivity index (χ0) is 10.8. The van der Waals surface area contributed by atoms with Crippen molar-refractivity contribution in [3.05, 3.63) is 0 Å². The number of hydrogen-bond acceptors (Lipinski definition) is 3. The second-order valence-electron chi connectivity index (χ2n) is 4.73. The average Bonchev–Trinajstić information content (AvgIpc) is 2.02. The first-order valence-corrected chi connectivity index (χ1v) is 4.89. The predicted molar refractivity (Wildman–Crippen MR) is 51.0 cm³/mol. The first-order chi connectivity index (χ1) is 6.36. The van der Waals surface area contributed by atoms with Gasteiger partial charge in [0.25, 0.3) is 0 Å². The number of aliphatic hydroxyl groups is 1. The van der Waals surface area contributed by atoms with Crippen LogP contribution in [0.1, 0.15) is 33.1 Å². The van der Waals surface area contributed by atoms with Gasteiger partial charge in [-0.2, -0.15) is 0 Å². The molecule has 0 saturated carbocycles. The van der Waals surface area contributed by atoms with E-state index in [4.69, 9.17) is 9.84 Å². The fourth-order valence-corrected chi connectivity index (χ4v) is 2.06. The van der Waals surface area contributed by atoms with Crippen LogP contribution in [-0.4, -0.2) is 35.0 Å². The van der Waals surface area contributed by atoms with Crippen molar-refractivity contribution in [2.24, 2.45) is 5.41 Å². The van der Waals surface area contributed by atoms with Crippen molar-refractivity contribution in [3.63, 3.8) is 0 Å². The van der Waals surface area contributed by atoms with Crippen LogP contribution in [0.2, 0.25) is 0 Å². The van der Waals surface area contributed by atoms with Gasteiger partial charge in [-0.15, -0.1) is 0 Å². The second-order valence-corrected chi connectivity index (χ2v) is 4.73. The van der Waals surface area contributed by atoms with Gasteiger partial charge < -0.3 is 14.9 Å². The summed E-state index contributed by atoms with van der Waals surface area (Å²) in [6.07, 6.45) is 1.59. The molecule has 1 aliphatic rings. The molecule has 0 amide bonds. The monoisotopic (exact) mass is 202 g/mol. The zero-order valence-electron chi connectivity index (χ0n) is 8.75. The Morgan fingerprint density at radius 1 is 1.57 bits per heavy atom. The number of rotatable bonds is 3. The Balaban J connectivity index is 2.76. The lowest BCUT2D eigenvalue weighted by molar-refractivity contribution is -0.163. The fourth-order valence-electron chi connectivity index (χ4n) is 2.06. The number of carboxylic acid groups (broad SMARTS) is 1. The Hall–Kier alpha value is -0.610. The molecule has 0 aromatic heterocycles. The zero-order valence-corrected chi connectivity index (χ0v) is 8.75. The van der Waals surface area contributed by atoms with Gasteiger partial charge in [-0.3, -0.25) is 4.79 Å². The summed E-state index contributed by atoms with van der Waals surface area (Å²) in [5, 5.41) is 18.8. The molecule has 0 bridgehead atoms. The smallest absolute Gasteiger partial charge is 0.312 e. The van der Waals surface area contributed by atoms with Crippen LogP contribution in [-0.2, 0) is 9.53 Å². The van der Waals surface area contributed by atoms with Gasteiger partial charge in [-0.1, -0.05) is 0 Å². The highest BCUT2D eigenvalue weighted by Gasteiger charge is 2.44. The van der Waals surface area contributed by atoms with Gasteiger partial charge in [0, 0.05) is 6.61 Å². The van der Waals surface area contributed by atoms with E-state index in [1.165, 1.54) is 0 Å². The summed E-state index contributed by atoms with van der Waals surface area (Å²) in [6, 6.07) is 0. The van der Waals surface area contributed by atoms with E-state index in [0.29, 0.717) is 13.0 Å². The third-order valence-corrected chi connectivity index (χ3v) is 2.55. The van der Waals surface area contributed by atoms with Crippen molar-refractivity contribution in [2.75, 3.05) is 13.2 Å². The summed E-state index contributed by atoms with van der Waals surface area (Å²) in [6.45, 7) is 4.10. The van der Waals surface area contributed by atoms with E-state index < -0.39 is 17.0 Å². The molecule has 1 fully saturated rings. The molecule has 4 nitrogen and oxygen atoms in total. The topological polar surface area (TPSA) is 66.8 Å². The van der Waals surface area contributed by atoms with Crippen LogP contribution in [0.4, 0.5) is 0 Å². The molecular formula is C10H18O4. The van der Waals surface area contributed by atoms with Gasteiger partial charge in [-0.05, 0) is 33.1 Å². The summed E-state index contributed by atoms with van der Waals surface area (Å²) < 4.78 is 5.20. The molecular weight excluding hydrogens is 184 g/mol. The van der Waals surface area contributed by atoms with Crippen molar-refractivity contribution in [3.8, 4) is 0 Å². The number of hydrogen-bond donors (Lipinski definition) is 2. The third kappa shape index (κ3) is 2.69. The molecule has 0 spiro atoms. The third-order valence-electron chi connectivity index (χ3n) is 2.55. The Morgan fingerprint density at radius 2 is 2.21 bits per heavy atom. The Labute approximate surface area is 83.9 Å². The van der Waals surface area contributed by atoms with Crippen LogP contribution in [0.25, 0.3) is 0 Å². The first kappa shape index (κ1) is 11.5. The van der Waals surface area contributed by atoms with Crippen molar-refractivity contribution < 1.29 is 19.7 Å². The molecule has 0 radical (unpaired) electrons. The first-order valence-electron chi connectivity index (χ1n) is 4.89. The van der Waals surface area contributed by atoms with E-state index in [1.807, 2.05) is 0 Å². The normalized spacial score (nSPS) is 28.8. The van der Waals surface area contributed by atoms with Crippen LogP contribution in [0.15, 0.2) is 0 Å². The summed E-state index contributed by atoms with van der Waals surface area (Å²) in [7, 11) is 0. The minimum atomic E-state index is -0.959. The minimum Gasteiger partial charge on any atom is -0.481 e. The van der Waals surface area contributed by atoms with E-state index in [2.05, 4.69) is 0 Å². The molecule has 82 valence electrons. The lowest BCUT2D eigenvalue weighted by Crippen LogP contribution is -2.44. The minimum absolute atomic E-state index is 0.215. The van der Waals surface area contributed by atoms with Gasteiger partial charge in [0.1, 0.15) is 0 Å². The lowest BCUT2D eigenvalue weighted by Gasteiger charge is -2.36. The molecule has 1 aliphatic heterocycles. The predicted octanol–water partition coefficient (Wildman–Crippen LogP) is 1.03. The Morgan fingerprint density at radius 3 is 2.57 bits per heavy atom. The van der Waals surface area contributed by atoms with Crippen molar-refractivity contribution in [1.29, 1.82) is 0 Å². The maximum Gasteiger partial charge on any atom is 0.312 e. The summed E-state index contributed by atoms with van der Waals surface area (Å²) in [5.74, 6) is -0.862. The van der Waals surface area contributed by atoms with Crippen LogP contribution >= 0.6 is 0 Å². The van der Waals surface area contributed by atoms with Crippen LogP contribution in [0.5, 0.6) is 0 Å². The molecule has 1 rings (SSSR count). The highest BCUT2D eigenvalue weighted by Crippen LogP contribution is 2.36. The highest BCUT2D eigenvalue weighted by molar-refractivity contribution is 5.75.